The predicted octanol–water partition coefficient (Wildman–Crippen LogP) is 1.42. The Bertz CT molecular complexity index is 405. The van der Waals surface area contributed by atoms with Gasteiger partial charge >= 0.3 is 0 Å². The van der Waals surface area contributed by atoms with Crippen LogP contribution in [0.5, 0.6) is 5.75 Å². The van der Waals surface area contributed by atoms with Gasteiger partial charge in [-0.1, -0.05) is 0 Å². The summed E-state index contributed by atoms with van der Waals surface area (Å²) >= 11 is 0. The number of likely N-dealkylation sites (N-methyl/N-ethyl adjacent to an activating group) is 1. The lowest BCUT2D eigenvalue weighted by Gasteiger charge is -2.25. The Balaban J connectivity index is 2.11. The average Bonchev–Trinajstić information content (AvgIpc) is 2.70. The first-order chi connectivity index (χ1) is 7.18. The SMILES string of the molecule is CN1c2ccc(O)cc2C2CCC(N)C21. The third-order valence-corrected chi connectivity index (χ3v) is 3.90. The molecule has 1 aromatic rings. The molecular weight excluding hydrogens is 188 g/mol. The molecule has 0 bridgehead atoms. The van der Waals surface area contributed by atoms with E-state index in [0.717, 1.165) is 12.8 Å². The molecule has 3 unspecified atom stereocenters. The molecule has 0 saturated heterocycles. The number of benzene rings is 1. The summed E-state index contributed by atoms with van der Waals surface area (Å²) in [6, 6.07) is 6.35. The molecule has 3 N–H and O–H groups in total. The summed E-state index contributed by atoms with van der Waals surface area (Å²) in [7, 11) is 2.10. The van der Waals surface area contributed by atoms with E-state index in [1.54, 1.807) is 6.07 Å². The highest BCUT2D eigenvalue weighted by Gasteiger charge is 2.44. The van der Waals surface area contributed by atoms with E-state index >= 15 is 0 Å². The van der Waals surface area contributed by atoms with Crippen LogP contribution in [0.25, 0.3) is 0 Å². The van der Waals surface area contributed by atoms with E-state index in [0.29, 0.717) is 17.7 Å². The van der Waals surface area contributed by atoms with E-state index in [2.05, 4.69) is 11.9 Å². The number of hydrogen-bond acceptors (Lipinski definition) is 3. The molecule has 2 aliphatic rings. The number of anilines is 1. The van der Waals surface area contributed by atoms with Gasteiger partial charge in [-0.05, 0) is 36.6 Å². The van der Waals surface area contributed by atoms with Crippen LogP contribution in [0, 0.1) is 0 Å². The number of hydrogen-bond donors (Lipinski definition) is 2. The van der Waals surface area contributed by atoms with Crippen LogP contribution in [0.1, 0.15) is 24.3 Å². The minimum Gasteiger partial charge on any atom is -0.508 e. The lowest BCUT2D eigenvalue weighted by molar-refractivity contribution is 0.474. The molecule has 0 amide bonds. The maximum Gasteiger partial charge on any atom is 0.116 e. The maximum atomic E-state index is 9.52. The number of phenols is 1. The summed E-state index contributed by atoms with van der Waals surface area (Å²) in [5, 5.41) is 9.52. The van der Waals surface area contributed by atoms with Crippen molar-refractivity contribution in [1.82, 2.24) is 0 Å². The second-order valence-electron chi connectivity index (χ2n) is 4.69. The van der Waals surface area contributed by atoms with Crippen molar-refractivity contribution in [3.63, 3.8) is 0 Å². The van der Waals surface area contributed by atoms with Gasteiger partial charge in [-0.3, -0.25) is 0 Å². The molecule has 3 atom stereocenters. The van der Waals surface area contributed by atoms with Gasteiger partial charge in [0.1, 0.15) is 5.75 Å². The van der Waals surface area contributed by atoms with Crippen molar-refractivity contribution in [1.29, 1.82) is 0 Å². The number of phenolic OH excluding ortho intramolecular Hbond substituents is 1. The Kier molecular flexibility index (Phi) is 1.74. The van der Waals surface area contributed by atoms with E-state index in [9.17, 15) is 5.11 Å². The van der Waals surface area contributed by atoms with Crippen LogP contribution >= 0.6 is 0 Å². The van der Waals surface area contributed by atoms with E-state index in [-0.39, 0.29) is 6.04 Å². The summed E-state index contributed by atoms with van der Waals surface area (Å²) in [4.78, 5) is 2.27. The van der Waals surface area contributed by atoms with Crippen molar-refractivity contribution in [3.05, 3.63) is 23.8 Å². The van der Waals surface area contributed by atoms with Gasteiger partial charge < -0.3 is 15.7 Å². The first-order valence-electron chi connectivity index (χ1n) is 5.50. The minimum atomic E-state index is 0.273. The predicted molar refractivity (Wildman–Crippen MR) is 60.2 cm³/mol. The monoisotopic (exact) mass is 204 g/mol. The number of fused-ring (bicyclic) bond motifs is 3. The molecule has 15 heavy (non-hydrogen) atoms. The smallest absolute Gasteiger partial charge is 0.116 e. The van der Waals surface area contributed by atoms with Crippen LogP contribution in [0.2, 0.25) is 0 Å². The first-order valence-corrected chi connectivity index (χ1v) is 5.50. The number of nitrogens with zero attached hydrogens (tertiary/aromatic N) is 1. The topological polar surface area (TPSA) is 49.5 Å². The normalized spacial score (nSPS) is 32.9. The number of nitrogens with two attached hydrogens (primary N) is 1. The van der Waals surface area contributed by atoms with Crippen LogP contribution < -0.4 is 10.6 Å². The molecule has 80 valence electrons. The third-order valence-electron chi connectivity index (χ3n) is 3.90. The van der Waals surface area contributed by atoms with Gasteiger partial charge in [0.25, 0.3) is 0 Å². The lowest BCUT2D eigenvalue weighted by Crippen LogP contribution is -2.41. The average molecular weight is 204 g/mol. The molecular formula is C12H16N2O. The standard InChI is InChI=1S/C12H16N2O/c1-14-11-5-2-7(15)6-9(11)8-3-4-10(13)12(8)14/h2,5-6,8,10,12,15H,3-4,13H2,1H3. The number of aromatic hydroxyl groups is 1. The van der Waals surface area contributed by atoms with Crippen molar-refractivity contribution in [3.8, 4) is 5.75 Å². The summed E-state index contributed by atoms with van der Waals surface area (Å²) in [6.07, 6.45) is 2.24. The van der Waals surface area contributed by atoms with Gasteiger partial charge in [0.05, 0.1) is 6.04 Å². The van der Waals surface area contributed by atoms with Crippen LogP contribution in [0.15, 0.2) is 18.2 Å². The zero-order valence-corrected chi connectivity index (χ0v) is 8.85. The van der Waals surface area contributed by atoms with Crippen molar-refractivity contribution in [2.45, 2.75) is 30.8 Å². The minimum absolute atomic E-state index is 0.273. The van der Waals surface area contributed by atoms with Gasteiger partial charge in [-0.25, -0.2) is 0 Å². The molecule has 3 rings (SSSR count). The second kappa shape index (κ2) is 2.89. The Hall–Kier alpha value is -1.22. The van der Waals surface area contributed by atoms with Crippen LogP contribution in [-0.2, 0) is 0 Å². The largest absolute Gasteiger partial charge is 0.508 e. The third kappa shape index (κ3) is 1.10. The van der Waals surface area contributed by atoms with E-state index in [1.165, 1.54) is 11.3 Å². The fourth-order valence-corrected chi connectivity index (χ4v) is 3.23. The molecule has 1 saturated carbocycles. The molecule has 1 aromatic carbocycles. The Morgan fingerprint density at radius 1 is 1.40 bits per heavy atom. The van der Waals surface area contributed by atoms with Crippen LogP contribution in [0.3, 0.4) is 0 Å². The van der Waals surface area contributed by atoms with Gasteiger partial charge in [0.15, 0.2) is 0 Å². The summed E-state index contributed by atoms with van der Waals surface area (Å²) < 4.78 is 0. The van der Waals surface area contributed by atoms with Crippen molar-refractivity contribution in [2.75, 3.05) is 11.9 Å². The summed E-state index contributed by atoms with van der Waals surface area (Å²) in [6.45, 7) is 0. The highest BCUT2D eigenvalue weighted by molar-refractivity contribution is 5.64. The highest BCUT2D eigenvalue weighted by atomic mass is 16.3. The molecule has 1 heterocycles. The van der Waals surface area contributed by atoms with Gasteiger partial charge in [-0.15, -0.1) is 0 Å². The van der Waals surface area contributed by atoms with Gasteiger partial charge in [0.2, 0.25) is 0 Å². The second-order valence-corrected chi connectivity index (χ2v) is 4.69. The van der Waals surface area contributed by atoms with Gasteiger partial charge in [-0.2, -0.15) is 0 Å². The van der Waals surface area contributed by atoms with Crippen molar-refractivity contribution < 1.29 is 5.11 Å². The molecule has 3 heteroatoms. The molecule has 0 spiro atoms. The maximum absolute atomic E-state index is 9.52. The Morgan fingerprint density at radius 2 is 2.20 bits per heavy atom. The van der Waals surface area contributed by atoms with E-state index in [1.807, 2.05) is 12.1 Å². The van der Waals surface area contributed by atoms with Crippen LogP contribution in [0.4, 0.5) is 5.69 Å². The van der Waals surface area contributed by atoms with Gasteiger partial charge in [0, 0.05) is 24.7 Å². The lowest BCUT2D eigenvalue weighted by atomic mass is 9.97. The molecule has 0 radical (unpaired) electrons. The summed E-state index contributed by atoms with van der Waals surface area (Å²) in [5.74, 6) is 0.885. The molecule has 3 nitrogen and oxygen atoms in total. The fourth-order valence-electron chi connectivity index (χ4n) is 3.23. The molecule has 1 aliphatic heterocycles. The fraction of sp³-hybridized carbons (Fsp3) is 0.500. The first kappa shape index (κ1) is 9.04. The van der Waals surface area contributed by atoms with E-state index in [4.69, 9.17) is 5.73 Å². The van der Waals surface area contributed by atoms with Crippen molar-refractivity contribution >= 4 is 5.69 Å². The van der Waals surface area contributed by atoms with Crippen LogP contribution in [-0.4, -0.2) is 24.2 Å². The molecule has 1 aliphatic carbocycles. The quantitative estimate of drug-likeness (QED) is 0.672. The molecule has 1 fully saturated rings. The summed E-state index contributed by atoms with van der Waals surface area (Å²) in [5.41, 5.74) is 8.63. The zero-order chi connectivity index (χ0) is 10.6. The van der Waals surface area contributed by atoms with E-state index < -0.39 is 0 Å². The zero-order valence-electron chi connectivity index (χ0n) is 8.85. The highest BCUT2D eigenvalue weighted by Crippen LogP contribution is 2.48. The molecule has 0 aromatic heterocycles. The Labute approximate surface area is 89.5 Å². The Morgan fingerprint density at radius 3 is 3.00 bits per heavy atom. The number of rotatable bonds is 0. The van der Waals surface area contributed by atoms with Crippen molar-refractivity contribution in [2.24, 2.45) is 5.73 Å².